The van der Waals surface area contributed by atoms with Crippen LogP contribution in [0.4, 0.5) is 9.80 Å². The Morgan fingerprint density at radius 1 is 1.19 bits per heavy atom. The van der Waals surface area contributed by atoms with Crippen molar-refractivity contribution >= 4 is 28.3 Å². The lowest BCUT2D eigenvalue weighted by atomic mass is 10.0. The average Bonchev–Trinajstić information content (AvgIpc) is 3.24. The third-order valence-corrected chi connectivity index (χ3v) is 7.02. The maximum absolute atomic E-state index is 12.7. The number of ether oxygens (including phenoxy) is 2. The second kappa shape index (κ2) is 12.2. The Balaban J connectivity index is 1.34. The second-order valence-corrected chi connectivity index (χ2v) is 9.37. The third kappa shape index (κ3) is 6.20. The molecule has 0 saturated carbocycles. The van der Waals surface area contributed by atoms with E-state index in [9.17, 15) is 14.9 Å². The standard InChI is InChI=1S/C27H28N4O4S/c1-2-34-23-9-4-3-7-19(23)10-11-25(32)30-26-22(17-28)21-12-15-31(18-24(21)36-26)27(33)35-16-13-20-8-5-6-14-29-20/h3-9,14H,2,10-13,15-16,18H2,1H3,(H,30,32). The van der Waals surface area contributed by atoms with E-state index in [1.54, 1.807) is 11.1 Å². The zero-order valence-electron chi connectivity index (χ0n) is 20.2. The van der Waals surface area contributed by atoms with E-state index in [4.69, 9.17) is 9.47 Å². The number of benzene rings is 1. The van der Waals surface area contributed by atoms with Crippen LogP contribution in [0.2, 0.25) is 0 Å². The Bertz CT molecular complexity index is 1250. The number of anilines is 1. The molecule has 1 N–H and O–H groups in total. The summed E-state index contributed by atoms with van der Waals surface area (Å²) in [6, 6.07) is 15.5. The summed E-state index contributed by atoms with van der Waals surface area (Å²) in [5.74, 6) is 0.617. The average molecular weight is 505 g/mol. The molecule has 0 bridgehead atoms. The molecular formula is C27H28N4O4S. The molecule has 0 aliphatic carbocycles. The monoisotopic (exact) mass is 504 g/mol. The van der Waals surface area contributed by atoms with Gasteiger partial charge in [0.15, 0.2) is 0 Å². The van der Waals surface area contributed by atoms with Crippen molar-refractivity contribution in [1.82, 2.24) is 9.88 Å². The van der Waals surface area contributed by atoms with Gasteiger partial charge in [-0.3, -0.25) is 9.78 Å². The molecule has 1 aliphatic rings. The molecule has 9 heteroatoms. The van der Waals surface area contributed by atoms with Gasteiger partial charge in [-0.1, -0.05) is 24.3 Å². The molecule has 8 nitrogen and oxygen atoms in total. The molecule has 1 aliphatic heterocycles. The van der Waals surface area contributed by atoms with Crippen molar-refractivity contribution < 1.29 is 19.1 Å². The maximum Gasteiger partial charge on any atom is 0.410 e. The minimum Gasteiger partial charge on any atom is -0.494 e. The van der Waals surface area contributed by atoms with Crippen molar-refractivity contribution in [3.05, 3.63) is 75.9 Å². The predicted molar refractivity (Wildman–Crippen MR) is 137 cm³/mol. The van der Waals surface area contributed by atoms with Gasteiger partial charge in [-0.2, -0.15) is 5.26 Å². The summed E-state index contributed by atoms with van der Waals surface area (Å²) in [4.78, 5) is 32.0. The van der Waals surface area contributed by atoms with Gasteiger partial charge in [0, 0.05) is 36.2 Å². The molecule has 3 aromatic rings. The number of carbonyl (C=O) groups is 2. The Kier molecular flexibility index (Phi) is 8.53. The normalized spacial score (nSPS) is 12.4. The van der Waals surface area contributed by atoms with Crippen LogP contribution < -0.4 is 10.1 Å². The Morgan fingerprint density at radius 3 is 2.81 bits per heavy atom. The summed E-state index contributed by atoms with van der Waals surface area (Å²) in [5.41, 5.74) is 3.22. The molecule has 0 atom stereocenters. The first kappa shape index (κ1) is 25.2. The number of amides is 2. The largest absolute Gasteiger partial charge is 0.494 e. The first-order valence-electron chi connectivity index (χ1n) is 12.0. The summed E-state index contributed by atoms with van der Waals surface area (Å²) >= 11 is 1.35. The fourth-order valence-electron chi connectivity index (χ4n) is 4.09. The molecule has 2 amide bonds. The van der Waals surface area contributed by atoms with Crippen LogP contribution >= 0.6 is 11.3 Å². The fraction of sp³-hybridized carbons (Fsp3) is 0.333. The van der Waals surface area contributed by atoms with Crippen LogP contribution in [0.25, 0.3) is 0 Å². The molecule has 1 aromatic carbocycles. The van der Waals surface area contributed by atoms with E-state index < -0.39 is 0 Å². The molecule has 2 aromatic heterocycles. The molecule has 0 saturated heterocycles. The lowest BCUT2D eigenvalue weighted by Crippen LogP contribution is -2.36. The van der Waals surface area contributed by atoms with Crippen LogP contribution in [-0.4, -0.2) is 41.6 Å². The van der Waals surface area contributed by atoms with Gasteiger partial charge >= 0.3 is 6.09 Å². The summed E-state index contributed by atoms with van der Waals surface area (Å²) in [7, 11) is 0. The molecule has 4 rings (SSSR count). The van der Waals surface area contributed by atoms with Gasteiger partial charge in [0.1, 0.15) is 16.8 Å². The van der Waals surface area contributed by atoms with Crippen LogP contribution in [0.5, 0.6) is 5.75 Å². The lowest BCUT2D eigenvalue weighted by molar-refractivity contribution is -0.116. The molecular weight excluding hydrogens is 476 g/mol. The van der Waals surface area contributed by atoms with Gasteiger partial charge < -0.3 is 19.7 Å². The minimum atomic E-state index is -0.387. The van der Waals surface area contributed by atoms with Crippen molar-refractivity contribution in [2.75, 3.05) is 25.1 Å². The second-order valence-electron chi connectivity index (χ2n) is 8.27. The number of para-hydroxylation sites is 1. The van der Waals surface area contributed by atoms with Crippen LogP contribution in [-0.2, 0) is 35.3 Å². The highest BCUT2D eigenvalue weighted by Gasteiger charge is 2.28. The topological polar surface area (TPSA) is 105 Å². The van der Waals surface area contributed by atoms with Crippen molar-refractivity contribution in [3.8, 4) is 11.8 Å². The summed E-state index contributed by atoms with van der Waals surface area (Å²) in [6.07, 6.45) is 3.22. The molecule has 3 heterocycles. The number of rotatable bonds is 9. The van der Waals surface area contributed by atoms with Gasteiger partial charge in [-0.05, 0) is 49.1 Å². The summed E-state index contributed by atoms with van der Waals surface area (Å²) in [6.45, 7) is 3.55. The van der Waals surface area contributed by atoms with Crippen LogP contribution in [0.1, 0.15) is 40.6 Å². The molecule has 36 heavy (non-hydrogen) atoms. The molecule has 0 radical (unpaired) electrons. The molecule has 0 spiro atoms. The number of fused-ring (bicyclic) bond motifs is 1. The minimum absolute atomic E-state index is 0.165. The predicted octanol–water partition coefficient (Wildman–Crippen LogP) is 4.72. The van der Waals surface area contributed by atoms with E-state index in [2.05, 4.69) is 16.4 Å². The highest BCUT2D eigenvalue weighted by atomic mass is 32.1. The number of nitrogens with one attached hydrogen (secondary N) is 1. The zero-order valence-corrected chi connectivity index (χ0v) is 21.0. The summed E-state index contributed by atoms with van der Waals surface area (Å²) < 4.78 is 11.1. The van der Waals surface area contributed by atoms with Crippen molar-refractivity contribution in [3.63, 3.8) is 0 Å². The number of aryl methyl sites for hydroxylation is 1. The van der Waals surface area contributed by atoms with Gasteiger partial charge in [0.2, 0.25) is 5.91 Å². The van der Waals surface area contributed by atoms with Crippen molar-refractivity contribution in [2.24, 2.45) is 0 Å². The Hall–Kier alpha value is -3.90. The molecule has 0 unspecified atom stereocenters. The van der Waals surface area contributed by atoms with E-state index in [1.165, 1.54) is 11.3 Å². The number of aromatic nitrogens is 1. The van der Waals surface area contributed by atoms with E-state index in [-0.39, 0.29) is 25.0 Å². The van der Waals surface area contributed by atoms with E-state index in [0.717, 1.165) is 27.4 Å². The number of nitriles is 1. The fourth-order valence-corrected chi connectivity index (χ4v) is 5.32. The smallest absolute Gasteiger partial charge is 0.410 e. The van der Waals surface area contributed by atoms with E-state index in [0.29, 0.717) is 49.5 Å². The maximum atomic E-state index is 12.7. The first-order chi connectivity index (χ1) is 17.6. The van der Waals surface area contributed by atoms with Crippen molar-refractivity contribution in [1.29, 1.82) is 5.26 Å². The number of nitrogens with zero attached hydrogens (tertiary/aromatic N) is 3. The Labute approximate surface area is 214 Å². The number of carbonyl (C=O) groups excluding carboxylic acids is 2. The van der Waals surface area contributed by atoms with Gasteiger partial charge in [0.05, 0.1) is 25.3 Å². The number of hydrogen-bond donors (Lipinski definition) is 1. The molecule has 0 fully saturated rings. The number of pyridine rings is 1. The third-order valence-electron chi connectivity index (χ3n) is 5.88. The number of hydrogen-bond acceptors (Lipinski definition) is 7. The quantitative estimate of drug-likeness (QED) is 0.452. The highest BCUT2D eigenvalue weighted by Crippen LogP contribution is 2.37. The highest BCUT2D eigenvalue weighted by molar-refractivity contribution is 7.16. The Morgan fingerprint density at radius 2 is 2.03 bits per heavy atom. The first-order valence-corrected chi connectivity index (χ1v) is 12.8. The van der Waals surface area contributed by atoms with Gasteiger partial charge in [-0.15, -0.1) is 11.3 Å². The number of thiophene rings is 1. The van der Waals surface area contributed by atoms with E-state index in [1.807, 2.05) is 49.4 Å². The van der Waals surface area contributed by atoms with Crippen LogP contribution in [0, 0.1) is 11.3 Å². The lowest BCUT2D eigenvalue weighted by Gasteiger charge is -2.26. The van der Waals surface area contributed by atoms with Crippen LogP contribution in [0.15, 0.2) is 48.7 Å². The van der Waals surface area contributed by atoms with Gasteiger partial charge in [-0.25, -0.2) is 4.79 Å². The SMILES string of the molecule is CCOc1ccccc1CCC(=O)Nc1sc2c(c1C#N)CCN(C(=O)OCCc1ccccn1)C2. The van der Waals surface area contributed by atoms with E-state index >= 15 is 0 Å². The van der Waals surface area contributed by atoms with Crippen LogP contribution in [0.3, 0.4) is 0 Å². The summed E-state index contributed by atoms with van der Waals surface area (Å²) in [5, 5.41) is 13.2. The van der Waals surface area contributed by atoms with Crippen molar-refractivity contribution in [2.45, 2.75) is 39.2 Å². The van der Waals surface area contributed by atoms with Gasteiger partial charge in [0.25, 0.3) is 0 Å². The zero-order chi connectivity index (χ0) is 25.3. The molecule has 186 valence electrons.